The van der Waals surface area contributed by atoms with Gasteiger partial charge >= 0.3 is 0 Å². The van der Waals surface area contributed by atoms with Gasteiger partial charge in [-0.05, 0) is 69.6 Å². The van der Waals surface area contributed by atoms with E-state index in [0.29, 0.717) is 34.6 Å². The number of ketones is 1. The molecule has 39 heavy (non-hydrogen) atoms. The van der Waals surface area contributed by atoms with E-state index in [0.717, 1.165) is 5.56 Å². The summed E-state index contributed by atoms with van der Waals surface area (Å²) in [5, 5.41) is 8.99. The predicted molar refractivity (Wildman–Crippen MR) is 160 cm³/mol. The first-order chi connectivity index (χ1) is 18.5. The van der Waals surface area contributed by atoms with E-state index in [1.54, 1.807) is 68.5 Å². The van der Waals surface area contributed by atoms with E-state index in [1.165, 1.54) is 0 Å². The number of carbonyl (C=O) groups excluding carboxylic acids is 3. The summed E-state index contributed by atoms with van der Waals surface area (Å²) in [5.41, 5.74) is 2.29. The first-order valence-corrected chi connectivity index (χ1v) is 14.6. The van der Waals surface area contributed by atoms with Gasteiger partial charge in [0.15, 0.2) is 0 Å². The molecule has 3 N–H and O–H groups in total. The Morgan fingerprint density at radius 1 is 1.08 bits per heavy atom. The van der Waals surface area contributed by atoms with Crippen molar-refractivity contribution in [3.63, 3.8) is 0 Å². The number of rotatable bonds is 14. The zero-order chi connectivity index (χ0) is 29.2. The second kappa shape index (κ2) is 14.5. The summed E-state index contributed by atoms with van der Waals surface area (Å²) in [6.45, 7) is 15.5. The minimum absolute atomic E-state index is 0.0867. The summed E-state index contributed by atoms with van der Waals surface area (Å²) in [4.78, 5) is 42.9. The van der Waals surface area contributed by atoms with Gasteiger partial charge < -0.3 is 15.2 Å². The summed E-state index contributed by atoms with van der Waals surface area (Å²) in [5.74, 6) is -0.935. The smallest absolute Gasteiger partial charge is 0.290 e. The molecule has 2 aromatic rings. The minimum Gasteiger partial charge on any atom is -0.377 e. The fraction of sp³-hybridized carbons (Fsp3) is 0.333. The van der Waals surface area contributed by atoms with Gasteiger partial charge in [-0.15, -0.1) is 0 Å². The number of aliphatic imine (C=N–C) groups is 1. The molecule has 1 unspecified atom stereocenters. The number of Topliss-reactive ketones (excluding diaryl/α,β-unsaturated/α-hetero) is 1. The van der Waals surface area contributed by atoms with Crippen molar-refractivity contribution in [1.29, 1.82) is 0 Å². The Balaban J connectivity index is 2.45. The quantitative estimate of drug-likeness (QED) is 0.0773. The lowest BCUT2D eigenvalue weighted by atomic mass is 9.98. The van der Waals surface area contributed by atoms with Gasteiger partial charge in [0.05, 0.1) is 13.2 Å². The van der Waals surface area contributed by atoms with E-state index in [9.17, 15) is 18.9 Å². The highest BCUT2D eigenvalue weighted by molar-refractivity contribution is 7.90. The third kappa shape index (κ3) is 7.71. The number of anilines is 1. The second-order valence-corrected chi connectivity index (χ2v) is 12.3. The number of amides is 1. The Labute approximate surface area is 231 Å². The molecule has 8 nitrogen and oxygen atoms in total. The molecule has 1 amide bonds. The van der Waals surface area contributed by atoms with Gasteiger partial charge in [-0.1, -0.05) is 62.4 Å². The molecule has 0 aromatic heterocycles. The Bertz CT molecular complexity index is 1330. The van der Waals surface area contributed by atoms with Crippen molar-refractivity contribution in [1.82, 2.24) is 10.6 Å². The molecule has 0 saturated heterocycles. The van der Waals surface area contributed by atoms with Crippen LogP contribution in [-0.2, 0) is 14.2 Å². The molecule has 2 aromatic carbocycles. The number of allylic oxidation sites excluding steroid dienone is 3. The Morgan fingerprint density at radius 2 is 1.74 bits per heavy atom. The molecule has 0 fully saturated rings. The van der Waals surface area contributed by atoms with Crippen LogP contribution in [0.15, 0.2) is 65.1 Å². The third-order valence-electron chi connectivity index (χ3n) is 6.12. The number of carbonyl (C=O) groups is 3. The lowest BCUT2D eigenvalue weighted by molar-refractivity contribution is -0.136. The summed E-state index contributed by atoms with van der Waals surface area (Å²) in [6, 6.07) is 10.3. The van der Waals surface area contributed by atoms with Crippen LogP contribution in [0.25, 0.3) is 0 Å². The van der Waals surface area contributed by atoms with Crippen LogP contribution in [-0.4, -0.2) is 43.7 Å². The maximum atomic E-state index is 14.7. The van der Waals surface area contributed by atoms with Crippen molar-refractivity contribution in [2.24, 2.45) is 10.9 Å². The molecule has 0 aliphatic rings. The molecule has 0 spiro atoms. The number of hydrogen-bond acceptors (Lipinski definition) is 7. The summed E-state index contributed by atoms with van der Waals surface area (Å²) >= 11 is 0. The van der Waals surface area contributed by atoms with E-state index in [-0.39, 0.29) is 24.2 Å². The van der Waals surface area contributed by atoms with Crippen LogP contribution >= 0.6 is 7.14 Å². The van der Waals surface area contributed by atoms with Crippen molar-refractivity contribution >= 4 is 42.1 Å². The van der Waals surface area contributed by atoms with Gasteiger partial charge in [-0.3, -0.25) is 24.7 Å². The van der Waals surface area contributed by atoms with Crippen LogP contribution in [0.1, 0.15) is 47.8 Å². The van der Waals surface area contributed by atoms with Gasteiger partial charge in [-0.2, -0.15) is 0 Å². The topological polar surface area (TPSA) is 117 Å². The van der Waals surface area contributed by atoms with Crippen molar-refractivity contribution in [3.8, 4) is 0 Å². The highest BCUT2D eigenvalue weighted by Gasteiger charge is 2.40. The van der Waals surface area contributed by atoms with E-state index in [4.69, 9.17) is 0 Å². The molecule has 0 radical (unpaired) electrons. The molecule has 0 aliphatic carbocycles. The second-order valence-electron chi connectivity index (χ2n) is 9.65. The number of nitrogens with one attached hydrogen (secondary N) is 3. The maximum absolute atomic E-state index is 14.7. The Morgan fingerprint density at radius 3 is 2.33 bits per heavy atom. The largest absolute Gasteiger partial charge is 0.377 e. The van der Waals surface area contributed by atoms with Crippen LogP contribution in [0.5, 0.6) is 0 Å². The number of aryl methyl sites for hydroxylation is 2. The highest BCUT2D eigenvalue weighted by Crippen LogP contribution is 2.57. The van der Waals surface area contributed by atoms with Crippen LogP contribution in [0.4, 0.5) is 5.69 Å². The molecule has 0 heterocycles. The molecule has 0 saturated carbocycles. The predicted octanol–water partition coefficient (Wildman–Crippen LogP) is 4.86. The zero-order valence-corrected chi connectivity index (χ0v) is 24.5. The molecular formula is C30H39N4O4P. The summed E-state index contributed by atoms with van der Waals surface area (Å²) in [7, 11) is -3.91. The third-order valence-corrected chi connectivity index (χ3v) is 8.88. The van der Waals surface area contributed by atoms with Crippen LogP contribution < -0.4 is 21.3 Å². The Hall–Kier alpha value is -3.61. The number of hydrogen-bond donors (Lipinski definition) is 3. The Kier molecular flexibility index (Phi) is 11.8. The average molecular weight is 551 g/mol. The van der Waals surface area contributed by atoms with Crippen LogP contribution in [0.2, 0.25) is 0 Å². The standard InChI is InChI=1S/C30H39N4O4P/c1-8-9-15-26(31-7)39(38,24-13-11-10-12-14-24)30(37)27-21(4)16-22(5)28(23(27)6)33-18-25(35)29(36)34-19-32-17-20(2)3/h8-16,20,32-33H,7,17-19H2,1-6H3,(H,34,36)/b9-8-,26-15+. The van der Waals surface area contributed by atoms with E-state index >= 15 is 0 Å². The fourth-order valence-corrected chi connectivity index (χ4v) is 6.68. The van der Waals surface area contributed by atoms with E-state index in [1.807, 2.05) is 27.7 Å². The molecular weight excluding hydrogens is 511 g/mol. The van der Waals surface area contributed by atoms with Crippen molar-refractivity contribution in [2.45, 2.75) is 41.5 Å². The van der Waals surface area contributed by atoms with Crippen LogP contribution in [0, 0.1) is 26.7 Å². The molecule has 2 rings (SSSR count). The van der Waals surface area contributed by atoms with Crippen molar-refractivity contribution < 1.29 is 18.9 Å². The van der Waals surface area contributed by atoms with E-state index in [2.05, 4.69) is 27.7 Å². The minimum atomic E-state index is -3.91. The zero-order valence-electron chi connectivity index (χ0n) is 23.6. The fourth-order valence-electron chi connectivity index (χ4n) is 4.23. The first kappa shape index (κ1) is 31.6. The van der Waals surface area contributed by atoms with Crippen molar-refractivity contribution in [3.05, 3.63) is 82.3 Å². The highest BCUT2D eigenvalue weighted by atomic mass is 31.2. The van der Waals surface area contributed by atoms with Crippen LogP contribution in [0.3, 0.4) is 0 Å². The lowest BCUT2D eigenvalue weighted by Gasteiger charge is -2.22. The van der Waals surface area contributed by atoms with E-state index < -0.39 is 24.4 Å². The molecule has 9 heteroatoms. The normalized spacial score (nSPS) is 13.3. The first-order valence-electron chi connectivity index (χ1n) is 12.9. The van der Waals surface area contributed by atoms with Gasteiger partial charge in [0.1, 0.15) is 5.44 Å². The average Bonchev–Trinajstić information content (AvgIpc) is 2.90. The van der Waals surface area contributed by atoms with Gasteiger partial charge in [0.25, 0.3) is 5.91 Å². The molecule has 208 valence electrons. The number of benzene rings is 2. The monoisotopic (exact) mass is 550 g/mol. The maximum Gasteiger partial charge on any atom is 0.290 e. The van der Waals surface area contributed by atoms with Gasteiger partial charge in [0, 0.05) is 16.6 Å². The number of nitrogens with zero attached hydrogens (tertiary/aromatic N) is 1. The lowest BCUT2D eigenvalue weighted by Crippen LogP contribution is -2.41. The molecule has 1 atom stereocenters. The SMILES string of the molecule is C=N/C(=C\C=C/C)P(=O)(C(=O)c1c(C)cc(C)c(NCC(=O)C(=O)NCNCC(C)C)c1C)c1ccccc1. The summed E-state index contributed by atoms with van der Waals surface area (Å²) < 4.78 is 14.7. The summed E-state index contributed by atoms with van der Waals surface area (Å²) in [6.07, 6.45) is 4.97. The van der Waals surface area contributed by atoms with Gasteiger partial charge in [0.2, 0.25) is 18.4 Å². The van der Waals surface area contributed by atoms with Crippen molar-refractivity contribution in [2.75, 3.05) is 25.1 Å². The molecule has 0 aliphatic heterocycles. The van der Waals surface area contributed by atoms with Gasteiger partial charge in [-0.25, -0.2) is 0 Å². The molecule has 0 bridgehead atoms.